The molecule has 0 fully saturated rings. The lowest BCUT2D eigenvalue weighted by atomic mass is 10.0. The number of ether oxygens (including phenoxy) is 1. The number of nitrogens with zero attached hydrogens (tertiary/aromatic N) is 1. The van der Waals surface area contributed by atoms with Gasteiger partial charge in [0.2, 0.25) is 0 Å². The first-order chi connectivity index (χ1) is 13.6. The van der Waals surface area contributed by atoms with Gasteiger partial charge >= 0.3 is 11.6 Å². The number of aryl methyl sites for hydroxylation is 1. The van der Waals surface area contributed by atoms with E-state index in [2.05, 4.69) is 0 Å². The van der Waals surface area contributed by atoms with Gasteiger partial charge in [0.1, 0.15) is 11.3 Å². The SMILES string of the molecule is O=C(O)Cc1ccc(N2COc3ccc4c5c(c(=O)oc4c3C2)CCC5)cc1. The fraction of sp³-hybridized carbons (Fsp3) is 0.273. The topological polar surface area (TPSA) is 80.0 Å². The van der Waals surface area contributed by atoms with E-state index in [4.69, 9.17) is 14.3 Å². The Balaban J connectivity index is 1.53. The van der Waals surface area contributed by atoms with Crippen LogP contribution in [0, 0.1) is 0 Å². The van der Waals surface area contributed by atoms with E-state index in [0.29, 0.717) is 18.9 Å². The molecule has 0 radical (unpaired) electrons. The average Bonchev–Trinajstić information content (AvgIpc) is 3.19. The molecule has 2 heterocycles. The maximum Gasteiger partial charge on any atom is 0.339 e. The molecule has 5 rings (SSSR count). The largest absolute Gasteiger partial charge is 0.481 e. The Hall–Kier alpha value is -3.28. The first-order valence-corrected chi connectivity index (χ1v) is 9.39. The van der Waals surface area contributed by atoms with E-state index in [9.17, 15) is 9.59 Å². The zero-order valence-corrected chi connectivity index (χ0v) is 15.2. The Bertz CT molecular complexity index is 1150. The Labute approximate surface area is 161 Å². The number of anilines is 1. The van der Waals surface area contributed by atoms with E-state index >= 15 is 0 Å². The van der Waals surface area contributed by atoms with Gasteiger partial charge in [-0.15, -0.1) is 0 Å². The van der Waals surface area contributed by atoms with Crippen LogP contribution < -0.4 is 15.3 Å². The summed E-state index contributed by atoms with van der Waals surface area (Å²) >= 11 is 0. The predicted molar refractivity (Wildman–Crippen MR) is 104 cm³/mol. The van der Waals surface area contributed by atoms with Gasteiger partial charge in [-0.05, 0) is 54.7 Å². The minimum Gasteiger partial charge on any atom is -0.481 e. The summed E-state index contributed by atoms with van der Waals surface area (Å²) in [6, 6.07) is 11.4. The molecule has 2 aliphatic rings. The summed E-state index contributed by atoms with van der Waals surface area (Å²) < 4.78 is 11.6. The number of rotatable bonds is 3. The summed E-state index contributed by atoms with van der Waals surface area (Å²) in [5, 5.41) is 9.92. The molecule has 0 bridgehead atoms. The first-order valence-electron chi connectivity index (χ1n) is 9.39. The fourth-order valence-electron chi connectivity index (χ4n) is 4.22. The summed E-state index contributed by atoms with van der Waals surface area (Å²) in [6.45, 7) is 0.943. The normalized spacial score (nSPS) is 15.2. The monoisotopic (exact) mass is 377 g/mol. The summed E-state index contributed by atoms with van der Waals surface area (Å²) in [6.07, 6.45) is 2.68. The highest BCUT2D eigenvalue weighted by molar-refractivity contribution is 5.87. The average molecular weight is 377 g/mol. The Morgan fingerprint density at radius 3 is 2.61 bits per heavy atom. The standard InChI is InChI=1S/C22H19NO5/c24-20(25)10-13-4-6-14(7-5-13)23-11-18-19(27-12-23)9-8-16-15-2-1-3-17(15)22(26)28-21(16)18/h4-9H,1-3,10-12H2,(H,24,25). The maximum atomic E-state index is 12.4. The molecule has 0 unspecified atom stereocenters. The third-order valence-corrected chi connectivity index (χ3v) is 5.58. The van der Waals surface area contributed by atoms with Crippen molar-refractivity contribution in [3.05, 3.63) is 69.1 Å². The van der Waals surface area contributed by atoms with Crippen LogP contribution in [0.4, 0.5) is 5.69 Å². The minimum atomic E-state index is -0.850. The van der Waals surface area contributed by atoms with Gasteiger partial charge in [0, 0.05) is 16.6 Å². The zero-order chi connectivity index (χ0) is 19.3. The van der Waals surface area contributed by atoms with Gasteiger partial charge in [-0.2, -0.15) is 0 Å². The molecule has 1 aliphatic carbocycles. The van der Waals surface area contributed by atoms with Crippen molar-refractivity contribution in [3.63, 3.8) is 0 Å². The molecule has 1 aliphatic heterocycles. The highest BCUT2D eigenvalue weighted by Gasteiger charge is 2.26. The summed E-state index contributed by atoms with van der Waals surface area (Å²) in [4.78, 5) is 25.3. The molecule has 1 N–H and O–H groups in total. The molecule has 142 valence electrons. The molecular weight excluding hydrogens is 358 g/mol. The Morgan fingerprint density at radius 1 is 1.04 bits per heavy atom. The van der Waals surface area contributed by atoms with Crippen LogP contribution in [0.3, 0.4) is 0 Å². The van der Waals surface area contributed by atoms with Crippen LogP contribution in [-0.4, -0.2) is 17.8 Å². The van der Waals surface area contributed by atoms with Gasteiger partial charge in [0.05, 0.1) is 18.5 Å². The second-order valence-electron chi connectivity index (χ2n) is 7.33. The van der Waals surface area contributed by atoms with Crippen LogP contribution >= 0.6 is 0 Å². The summed E-state index contributed by atoms with van der Waals surface area (Å²) in [5.41, 5.74) is 4.88. The van der Waals surface area contributed by atoms with Crippen molar-refractivity contribution in [2.24, 2.45) is 0 Å². The predicted octanol–water partition coefficient (Wildman–Crippen LogP) is 3.27. The third kappa shape index (κ3) is 2.72. The van der Waals surface area contributed by atoms with E-state index in [1.807, 2.05) is 41.3 Å². The minimum absolute atomic E-state index is 0.000514. The van der Waals surface area contributed by atoms with Gasteiger partial charge in [-0.3, -0.25) is 4.79 Å². The number of carboxylic acid groups (broad SMARTS) is 1. The van der Waals surface area contributed by atoms with E-state index in [0.717, 1.165) is 58.3 Å². The Morgan fingerprint density at radius 2 is 1.82 bits per heavy atom. The van der Waals surface area contributed by atoms with E-state index in [1.165, 1.54) is 0 Å². The number of carboxylic acids is 1. The van der Waals surface area contributed by atoms with Gasteiger partial charge in [0.25, 0.3) is 0 Å². The maximum absolute atomic E-state index is 12.4. The molecule has 0 atom stereocenters. The Kier molecular flexibility index (Phi) is 3.86. The molecule has 0 saturated heterocycles. The van der Waals surface area contributed by atoms with Crippen LogP contribution in [0.25, 0.3) is 11.0 Å². The lowest BCUT2D eigenvalue weighted by molar-refractivity contribution is -0.136. The highest BCUT2D eigenvalue weighted by Crippen LogP contribution is 2.37. The van der Waals surface area contributed by atoms with Crippen molar-refractivity contribution in [1.29, 1.82) is 0 Å². The van der Waals surface area contributed by atoms with Crippen molar-refractivity contribution in [3.8, 4) is 5.75 Å². The van der Waals surface area contributed by atoms with E-state index in [1.54, 1.807) is 0 Å². The highest BCUT2D eigenvalue weighted by atomic mass is 16.5. The fourth-order valence-corrected chi connectivity index (χ4v) is 4.22. The van der Waals surface area contributed by atoms with Crippen LogP contribution in [0.1, 0.15) is 28.7 Å². The van der Waals surface area contributed by atoms with Crippen molar-refractivity contribution in [2.45, 2.75) is 32.2 Å². The molecule has 6 heteroatoms. The molecular formula is C22H19NO5. The van der Waals surface area contributed by atoms with E-state index in [-0.39, 0.29) is 12.0 Å². The van der Waals surface area contributed by atoms with Gasteiger partial charge < -0.3 is 19.2 Å². The molecule has 0 spiro atoms. The molecule has 6 nitrogen and oxygen atoms in total. The zero-order valence-electron chi connectivity index (χ0n) is 15.2. The summed E-state index contributed by atoms with van der Waals surface area (Å²) in [7, 11) is 0. The number of benzene rings is 2. The van der Waals surface area contributed by atoms with Gasteiger partial charge in [-0.25, -0.2) is 4.79 Å². The quantitative estimate of drug-likeness (QED) is 0.706. The number of aliphatic carboxylic acids is 1. The molecule has 3 aromatic rings. The van der Waals surface area contributed by atoms with Crippen molar-refractivity contribution >= 4 is 22.6 Å². The second kappa shape index (κ2) is 6.41. The molecule has 2 aromatic carbocycles. The second-order valence-corrected chi connectivity index (χ2v) is 7.33. The number of carbonyl (C=O) groups is 1. The number of hydrogen-bond donors (Lipinski definition) is 1. The lowest BCUT2D eigenvalue weighted by Gasteiger charge is -2.31. The van der Waals surface area contributed by atoms with Crippen molar-refractivity contribution in [1.82, 2.24) is 0 Å². The molecule has 1 aromatic heterocycles. The van der Waals surface area contributed by atoms with E-state index < -0.39 is 5.97 Å². The molecule has 28 heavy (non-hydrogen) atoms. The van der Waals surface area contributed by atoms with Crippen LogP contribution in [0.2, 0.25) is 0 Å². The van der Waals surface area contributed by atoms with Gasteiger partial charge in [0.15, 0.2) is 6.73 Å². The van der Waals surface area contributed by atoms with Crippen molar-refractivity contribution in [2.75, 3.05) is 11.6 Å². The van der Waals surface area contributed by atoms with Crippen LogP contribution in [0.5, 0.6) is 5.75 Å². The number of hydrogen-bond acceptors (Lipinski definition) is 5. The third-order valence-electron chi connectivity index (χ3n) is 5.58. The van der Waals surface area contributed by atoms with Crippen molar-refractivity contribution < 1.29 is 19.1 Å². The smallest absolute Gasteiger partial charge is 0.339 e. The van der Waals surface area contributed by atoms with Gasteiger partial charge in [-0.1, -0.05) is 12.1 Å². The molecule has 0 saturated carbocycles. The number of fused-ring (bicyclic) bond motifs is 5. The van der Waals surface area contributed by atoms with Crippen LogP contribution in [-0.2, 0) is 30.6 Å². The lowest BCUT2D eigenvalue weighted by Crippen LogP contribution is -2.32. The molecule has 0 amide bonds. The summed E-state index contributed by atoms with van der Waals surface area (Å²) in [5.74, 6) is -0.107. The first kappa shape index (κ1) is 16.9. The van der Waals surface area contributed by atoms with Crippen LogP contribution in [0.15, 0.2) is 45.6 Å².